The summed E-state index contributed by atoms with van der Waals surface area (Å²) in [5.41, 5.74) is 1.58. The molecule has 0 radical (unpaired) electrons. The summed E-state index contributed by atoms with van der Waals surface area (Å²) in [6.45, 7) is 3.21. The van der Waals surface area contributed by atoms with Gasteiger partial charge in [0, 0.05) is 12.8 Å². The summed E-state index contributed by atoms with van der Waals surface area (Å²) in [6.07, 6.45) is 4.11. The van der Waals surface area contributed by atoms with Gasteiger partial charge in [-0.2, -0.15) is 0 Å². The van der Waals surface area contributed by atoms with Crippen molar-refractivity contribution in [2.24, 2.45) is 0 Å². The second-order valence-corrected chi connectivity index (χ2v) is 6.34. The Bertz CT molecular complexity index is 672. The molecule has 0 aliphatic carbocycles. The minimum Gasteiger partial charge on any atom is -0.464 e. The molecule has 4 nitrogen and oxygen atoms in total. The van der Waals surface area contributed by atoms with Crippen LogP contribution in [0.15, 0.2) is 39.7 Å². The summed E-state index contributed by atoms with van der Waals surface area (Å²) in [7, 11) is 4.45. The fourth-order valence-electron chi connectivity index (χ4n) is 3.29. The molecule has 1 unspecified atom stereocenters. The zero-order chi connectivity index (χ0) is 14.8. The predicted molar refractivity (Wildman–Crippen MR) is 82.7 cm³/mol. The fourth-order valence-corrected chi connectivity index (χ4v) is 3.29. The van der Waals surface area contributed by atoms with Crippen LogP contribution in [0, 0.1) is 0 Å². The van der Waals surface area contributed by atoms with Gasteiger partial charge in [0.15, 0.2) is 0 Å². The van der Waals surface area contributed by atoms with Crippen molar-refractivity contribution in [2.45, 2.75) is 25.4 Å². The maximum Gasteiger partial charge on any atom is 0.201 e. The van der Waals surface area contributed by atoms with Crippen LogP contribution < -0.4 is 15.2 Å². The molecule has 1 fully saturated rings. The van der Waals surface area contributed by atoms with Crippen molar-refractivity contribution in [2.75, 3.05) is 27.2 Å². The maximum atomic E-state index is 12.5. The van der Waals surface area contributed by atoms with Gasteiger partial charge in [0.25, 0.3) is 0 Å². The molecule has 1 aliphatic rings. The highest BCUT2D eigenvalue weighted by Gasteiger charge is 2.26. The third kappa shape index (κ3) is 3.01. The Morgan fingerprint density at radius 3 is 2.76 bits per heavy atom. The van der Waals surface area contributed by atoms with Crippen LogP contribution >= 0.6 is 0 Å². The number of hydrogen-bond acceptors (Lipinski definition) is 2. The predicted octanol–water partition coefficient (Wildman–Crippen LogP) is -0.515. The molecule has 4 heteroatoms. The lowest BCUT2D eigenvalue weighted by molar-refractivity contribution is -0.948. The van der Waals surface area contributed by atoms with Crippen LogP contribution in [0.4, 0.5) is 0 Å². The van der Waals surface area contributed by atoms with Crippen LogP contribution in [0.25, 0.3) is 11.0 Å². The first-order chi connectivity index (χ1) is 10.1. The van der Waals surface area contributed by atoms with Crippen molar-refractivity contribution in [1.82, 2.24) is 0 Å². The molecule has 0 amide bonds. The Morgan fingerprint density at radius 1 is 1.29 bits per heavy atom. The highest BCUT2D eigenvalue weighted by molar-refractivity contribution is 5.76. The van der Waals surface area contributed by atoms with E-state index in [0.717, 1.165) is 12.1 Å². The minimum atomic E-state index is 0.120. The zero-order valence-corrected chi connectivity index (χ0v) is 12.8. The van der Waals surface area contributed by atoms with E-state index < -0.39 is 0 Å². The van der Waals surface area contributed by atoms with Crippen molar-refractivity contribution in [3.63, 3.8) is 0 Å². The van der Waals surface area contributed by atoms with Gasteiger partial charge in [-0.1, -0.05) is 12.1 Å². The van der Waals surface area contributed by atoms with Gasteiger partial charge in [-0.15, -0.1) is 0 Å². The maximum absolute atomic E-state index is 12.5. The van der Waals surface area contributed by atoms with Crippen LogP contribution in [0.2, 0.25) is 0 Å². The number of piperidine rings is 1. The van der Waals surface area contributed by atoms with Crippen molar-refractivity contribution >= 4 is 11.0 Å². The number of fused-ring (bicyclic) bond motifs is 1. The number of likely N-dealkylation sites (tertiary alicyclic amines) is 1. The van der Waals surface area contributed by atoms with Crippen molar-refractivity contribution in [1.29, 1.82) is 0 Å². The quantitative estimate of drug-likeness (QED) is 0.798. The van der Waals surface area contributed by atoms with E-state index in [1.165, 1.54) is 30.8 Å². The number of benzene rings is 1. The van der Waals surface area contributed by atoms with Gasteiger partial charge in [0.1, 0.15) is 18.4 Å². The molecule has 1 saturated heterocycles. The number of nitrogens with one attached hydrogen (secondary N) is 2. The van der Waals surface area contributed by atoms with Gasteiger partial charge >= 0.3 is 0 Å². The van der Waals surface area contributed by atoms with E-state index in [0.29, 0.717) is 17.0 Å². The lowest BCUT2D eigenvalue weighted by atomic mass is 10.0. The summed E-state index contributed by atoms with van der Waals surface area (Å²) in [5.74, 6) is 0. The van der Waals surface area contributed by atoms with Gasteiger partial charge in [-0.05, 0) is 12.1 Å². The van der Waals surface area contributed by atoms with Crippen LogP contribution in [0.1, 0.15) is 18.4 Å². The molecule has 2 aromatic rings. The first-order valence-electron chi connectivity index (χ1n) is 7.78. The summed E-state index contributed by atoms with van der Waals surface area (Å²) in [6, 6.07) is 8.12. The number of rotatable bonds is 3. The largest absolute Gasteiger partial charge is 0.464 e. The van der Waals surface area contributed by atoms with E-state index in [-0.39, 0.29) is 5.43 Å². The third-order valence-electron chi connectivity index (χ3n) is 4.76. The van der Waals surface area contributed by atoms with Crippen LogP contribution in [-0.2, 0) is 6.54 Å². The SMILES string of the molecule is C[NH+]1CCC([NH+](C)Cc2coc3ccccc3c2=O)CC1. The monoisotopic (exact) mass is 288 g/mol. The topological polar surface area (TPSA) is 39.1 Å². The Morgan fingerprint density at radius 2 is 2.00 bits per heavy atom. The average molecular weight is 288 g/mol. The van der Waals surface area contributed by atoms with Gasteiger partial charge in [-0.3, -0.25) is 4.79 Å². The Labute approximate surface area is 125 Å². The van der Waals surface area contributed by atoms with Gasteiger partial charge in [-0.25, -0.2) is 0 Å². The highest BCUT2D eigenvalue weighted by Crippen LogP contribution is 2.10. The number of para-hydroxylation sites is 1. The Kier molecular flexibility index (Phi) is 4.08. The lowest BCUT2D eigenvalue weighted by Crippen LogP contribution is -3.17. The molecule has 3 rings (SSSR count). The zero-order valence-electron chi connectivity index (χ0n) is 12.8. The molecule has 1 aliphatic heterocycles. The lowest BCUT2D eigenvalue weighted by Gasteiger charge is -2.30. The number of hydrogen-bond donors (Lipinski definition) is 2. The molecule has 0 spiro atoms. The third-order valence-corrected chi connectivity index (χ3v) is 4.76. The first-order valence-corrected chi connectivity index (χ1v) is 7.78. The molecule has 0 saturated carbocycles. The normalized spacial score (nSPS) is 24.1. The van der Waals surface area contributed by atoms with Crippen LogP contribution in [0.3, 0.4) is 0 Å². The Balaban J connectivity index is 1.78. The first kappa shape index (κ1) is 14.3. The van der Waals surface area contributed by atoms with E-state index in [4.69, 9.17) is 4.42 Å². The molecule has 2 heterocycles. The summed E-state index contributed by atoms with van der Waals surface area (Å²) in [4.78, 5) is 15.6. The molecular weight excluding hydrogens is 264 g/mol. The molecule has 1 atom stereocenters. The van der Waals surface area contributed by atoms with E-state index >= 15 is 0 Å². The van der Waals surface area contributed by atoms with Crippen LogP contribution in [-0.4, -0.2) is 33.2 Å². The summed E-state index contributed by atoms with van der Waals surface area (Å²) >= 11 is 0. The van der Waals surface area contributed by atoms with Gasteiger partial charge in [0.2, 0.25) is 5.43 Å². The molecular formula is C17H24N2O2+2. The molecule has 21 heavy (non-hydrogen) atoms. The van der Waals surface area contributed by atoms with E-state index in [9.17, 15) is 4.79 Å². The fraction of sp³-hybridized carbons (Fsp3) is 0.471. The highest BCUT2D eigenvalue weighted by atomic mass is 16.3. The Hall–Kier alpha value is -1.65. The molecule has 1 aromatic heterocycles. The standard InChI is InChI=1S/C17H22N2O2/c1-18-9-7-14(8-10-18)19(2)11-13-12-21-16-6-4-3-5-15(16)17(13)20/h3-6,12,14H,7-11H2,1-2H3/p+2. The summed E-state index contributed by atoms with van der Waals surface area (Å²) < 4.78 is 5.61. The van der Waals surface area contributed by atoms with Crippen molar-refractivity contribution < 1.29 is 14.2 Å². The molecule has 0 bridgehead atoms. The van der Waals surface area contributed by atoms with Crippen LogP contribution in [0.5, 0.6) is 0 Å². The molecule has 112 valence electrons. The van der Waals surface area contributed by atoms with Gasteiger partial charge in [0.05, 0.1) is 44.2 Å². The van der Waals surface area contributed by atoms with E-state index in [1.54, 1.807) is 11.2 Å². The number of quaternary nitrogens is 2. The van der Waals surface area contributed by atoms with E-state index in [2.05, 4.69) is 14.1 Å². The smallest absolute Gasteiger partial charge is 0.201 e. The molecule has 1 aromatic carbocycles. The second-order valence-electron chi connectivity index (χ2n) is 6.34. The minimum absolute atomic E-state index is 0.120. The van der Waals surface area contributed by atoms with Gasteiger partial charge < -0.3 is 14.2 Å². The van der Waals surface area contributed by atoms with Crippen molar-refractivity contribution in [3.05, 3.63) is 46.3 Å². The average Bonchev–Trinajstić information content (AvgIpc) is 2.51. The van der Waals surface area contributed by atoms with Crippen molar-refractivity contribution in [3.8, 4) is 0 Å². The summed E-state index contributed by atoms with van der Waals surface area (Å²) in [5, 5.41) is 0.690. The van der Waals surface area contributed by atoms with E-state index in [1.807, 2.05) is 24.3 Å². The second kappa shape index (κ2) is 6.00. The molecule has 2 N–H and O–H groups in total.